The molecule has 92 valence electrons. The van der Waals surface area contributed by atoms with Crippen molar-refractivity contribution >= 4 is 11.9 Å². The van der Waals surface area contributed by atoms with Gasteiger partial charge in [-0.3, -0.25) is 10.0 Å². The Morgan fingerprint density at radius 3 is 2.53 bits per heavy atom. The van der Waals surface area contributed by atoms with E-state index in [0.717, 1.165) is 31.8 Å². The molecule has 2 heterocycles. The molecule has 0 bridgehead atoms. The number of rotatable bonds is 2. The van der Waals surface area contributed by atoms with Crippen LogP contribution in [0.25, 0.3) is 0 Å². The van der Waals surface area contributed by atoms with Crippen LogP contribution in [0.2, 0.25) is 0 Å². The molecule has 1 saturated heterocycles. The second kappa shape index (κ2) is 5.09. The van der Waals surface area contributed by atoms with E-state index < -0.39 is 5.91 Å². The monoisotopic (exact) mass is 236 g/mol. The average molecular weight is 236 g/mol. The highest BCUT2D eigenvalue weighted by Gasteiger charge is 2.18. The molecule has 0 saturated carbocycles. The smallest absolute Gasteiger partial charge is 0.277 e. The Morgan fingerprint density at radius 1 is 1.41 bits per heavy atom. The van der Waals surface area contributed by atoms with Gasteiger partial charge in [-0.15, -0.1) is 0 Å². The number of aromatic nitrogens is 2. The summed E-state index contributed by atoms with van der Waals surface area (Å²) in [7, 11) is 0. The van der Waals surface area contributed by atoms with Gasteiger partial charge in [-0.05, 0) is 18.8 Å². The summed E-state index contributed by atoms with van der Waals surface area (Å²) < 4.78 is 0. The molecule has 2 rings (SSSR count). The number of nitrogens with one attached hydrogen (secondary N) is 1. The molecular weight excluding hydrogens is 220 g/mol. The minimum absolute atomic E-state index is 0.252. The van der Waals surface area contributed by atoms with E-state index in [4.69, 9.17) is 5.21 Å². The number of nitrogens with zero attached hydrogens (tertiary/aromatic N) is 3. The van der Waals surface area contributed by atoms with E-state index in [9.17, 15) is 4.79 Å². The lowest BCUT2D eigenvalue weighted by molar-refractivity contribution is 0.0705. The van der Waals surface area contributed by atoms with Crippen LogP contribution < -0.4 is 10.4 Å². The highest BCUT2D eigenvalue weighted by atomic mass is 16.5. The molecule has 0 unspecified atom stereocenters. The molecule has 0 radical (unpaired) electrons. The van der Waals surface area contributed by atoms with Crippen LogP contribution >= 0.6 is 0 Å². The van der Waals surface area contributed by atoms with Crippen molar-refractivity contribution in [1.29, 1.82) is 0 Å². The molecular formula is C11H16N4O2. The highest BCUT2D eigenvalue weighted by molar-refractivity contribution is 5.92. The molecule has 1 aliphatic rings. The van der Waals surface area contributed by atoms with Gasteiger partial charge in [0.1, 0.15) is 0 Å². The van der Waals surface area contributed by atoms with Crippen molar-refractivity contribution in [2.45, 2.75) is 19.8 Å². The van der Waals surface area contributed by atoms with Crippen LogP contribution in [-0.4, -0.2) is 34.2 Å². The van der Waals surface area contributed by atoms with E-state index in [2.05, 4.69) is 21.8 Å². The van der Waals surface area contributed by atoms with Crippen LogP contribution in [0.4, 0.5) is 5.95 Å². The first-order chi connectivity index (χ1) is 8.20. The molecule has 6 nitrogen and oxygen atoms in total. The van der Waals surface area contributed by atoms with Gasteiger partial charge in [0.25, 0.3) is 5.91 Å². The van der Waals surface area contributed by atoms with E-state index in [1.165, 1.54) is 12.4 Å². The third-order valence-corrected chi connectivity index (χ3v) is 3.07. The van der Waals surface area contributed by atoms with E-state index >= 15 is 0 Å². The summed E-state index contributed by atoms with van der Waals surface area (Å²) in [5, 5.41) is 8.47. The molecule has 1 amide bonds. The Labute approximate surface area is 99.6 Å². The molecule has 0 aliphatic carbocycles. The van der Waals surface area contributed by atoms with E-state index in [-0.39, 0.29) is 5.56 Å². The van der Waals surface area contributed by atoms with Crippen LogP contribution in [-0.2, 0) is 0 Å². The lowest BCUT2D eigenvalue weighted by atomic mass is 10.00. The number of piperidine rings is 1. The van der Waals surface area contributed by atoms with E-state index in [1.807, 2.05) is 0 Å². The maximum atomic E-state index is 11.1. The number of anilines is 1. The van der Waals surface area contributed by atoms with Gasteiger partial charge in [0.15, 0.2) is 0 Å². The van der Waals surface area contributed by atoms with Gasteiger partial charge < -0.3 is 4.90 Å². The molecule has 17 heavy (non-hydrogen) atoms. The van der Waals surface area contributed by atoms with Gasteiger partial charge in [-0.25, -0.2) is 15.4 Å². The molecule has 2 N–H and O–H groups in total. The number of hydroxylamine groups is 1. The van der Waals surface area contributed by atoms with Crippen molar-refractivity contribution in [2.24, 2.45) is 5.92 Å². The van der Waals surface area contributed by atoms with Crippen molar-refractivity contribution < 1.29 is 10.0 Å². The zero-order valence-corrected chi connectivity index (χ0v) is 9.76. The fraction of sp³-hybridized carbons (Fsp3) is 0.545. The fourth-order valence-electron chi connectivity index (χ4n) is 1.87. The van der Waals surface area contributed by atoms with Crippen molar-refractivity contribution in [3.8, 4) is 0 Å². The normalized spacial score (nSPS) is 16.9. The molecule has 1 aromatic rings. The molecule has 1 aliphatic heterocycles. The quantitative estimate of drug-likeness (QED) is 0.587. The van der Waals surface area contributed by atoms with Crippen molar-refractivity contribution in [1.82, 2.24) is 15.4 Å². The molecule has 0 aromatic carbocycles. The topological polar surface area (TPSA) is 78.4 Å². The predicted molar refractivity (Wildman–Crippen MR) is 61.9 cm³/mol. The number of carbonyl (C=O) groups is 1. The fourth-order valence-corrected chi connectivity index (χ4v) is 1.87. The average Bonchev–Trinajstić information content (AvgIpc) is 2.39. The highest BCUT2D eigenvalue weighted by Crippen LogP contribution is 2.19. The van der Waals surface area contributed by atoms with Crippen LogP contribution in [0.1, 0.15) is 30.1 Å². The van der Waals surface area contributed by atoms with E-state index in [1.54, 1.807) is 5.48 Å². The van der Waals surface area contributed by atoms with Crippen LogP contribution in [0.15, 0.2) is 12.4 Å². The Kier molecular flexibility index (Phi) is 3.53. The van der Waals surface area contributed by atoms with Gasteiger partial charge in [-0.1, -0.05) is 6.92 Å². The number of hydrogen-bond acceptors (Lipinski definition) is 5. The predicted octanol–water partition coefficient (Wildman–Crippen LogP) is 0.832. The summed E-state index contributed by atoms with van der Waals surface area (Å²) in [6.07, 6.45) is 5.13. The lowest BCUT2D eigenvalue weighted by Crippen LogP contribution is -2.34. The van der Waals surface area contributed by atoms with Gasteiger partial charge in [0.2, 0.25) is 5.95 Å². The van der Waals surface area contributed by atoms with Crippen LogP contribution in [0, 0.1) is 5.92 Å². The van der Waals surface area contributed by atoms with Gasteiger partial charge in [-0.2, -0.15) is 0 Å². The van der Waals surface area contributed by atoms with Gasteiger partial charge in [0.05, 0.1) is 5.56 Å². The first kappa shape index (κ1) is 11.8. The van der Waals surface area contributed by atoms with E-state index in [0.29, 0.717) is 5.95 Å². The molecule has 0 atom stereocenters. The lowest BCUT2D eigenvalue weighted by Gasteiger charge is -2.30. The van der Waals surface area contributed by atoms with Crippen molar-refractivity contribution in [2.75, 3.05) is 18.0 Å². The van der Waals surface area contributed by atoms with Crippen LogP contribution in [0.5, 0.6) is 0 Å². The Morgan fingerprint density at radius 2 is 2.00 bits per heavy atom. The maximum absolute atomic E-state index is 11.1. The summed E-state index contributed by atoms with van der Waals surface area (Å²) in [5.41, 5.74) is 1.81. The summed E-state index contributed by atoms with van der Waals surface area (Å²) in [6.45, 7) is 4.15. The second-order valence-corrected chi connectivity index (χ2v) is 4.38. The molecule has 6 heteroatoms. The summed E-state index contributed by atoms with van der Waals surface area (Å²) in [5.74, 6) is 0.806. The molecule has 1 fully saturated rings. The minimum Gasteiger partial charge on any atom is -0.341 e. The molecule has 1 aromatic heterocycles. The van der Waals surface area contributed by atoms with Crippen molar-refractivity contribution in [3.63, 3.8) is 0 Å². The maximum Gasteiger partial charge on any atom is 0.277 e. The second-order valence-electron chi connectivity index (χ2n) is 4.38. The first-order valence-electron chi connectivity index (χ1n) is 5.72. The Bertz CT molecular complexity index is 385. The summed E-state index contributed by atoms with van der Waals surface area (Å²) in [4.78, 5) is 21.5. The summed E-state index contributed by atoms with van der Waals surface area (Å²) >= 11 is 0. The number of hydrogen-bond donors (Lipinski definition) is 2. The standard InChI is InChI=1S/C11H16N4O2/c1-8-2-4-15(5-3-8)11-12-6-9(7-13-11)10(16)14-17/h6-8,17H,2-5H2,1H3,(H,14,16). The van der Waals surface area contributed by atoms with Crippen molar-refractivity contribution in [3.05, 3.63) is 18.0 Å². The van der Waals surface area contributed by atoms with Gasteiger partial charge in [0, 0.05) is 25.5 Å². The number of amides is 1. The minimum atomic E-state index is -0.594. The summed E-state index contributed by atoms with van der Waals surface area (Å²) in [6, 6.07) is 0. The molecule has 0 spiro atoms. The van der Waals surface area contributed by atoms with Gasteiger partial charge >= 0.3 is 0 Å². The zero-order valence-electron chi connectivity index (χ0n) is 9.76. The first-order valence-corrected chi connectivity index (χ1v) is 5.72. The van der Waals surface area contributed by atoms with Crippen LogP contribution in [0.3, 0.4) is 0 Å². The third-order valence-electron chi connectivity index (χ3n) is 3.07. The largest absolute Gasteiger partial charge is 0.341 e. The number of carbonyl (C=O) groups excluding carboxylic acids is 1. The third kappa shape index (κ3) is 2.71. The Balaban J connectivity index is 2.05. The SMILES string of the molecule is CC1CCN(c2ncc(C(=O)NO)cn2)CC1. The Hall–Kier alpha value is -1.69. The zero-order chi connectivity index (χ0) is 12.3.